The van der Waals surface area contributed by atoms with Gasteiger partial charge in [0.05, 0.1) is 0 Å². The van der Waals surface area contributed by atoms with Crippen molar-refractivity contribution in [2.45, 2.75) is 19.4 Å². The zero-order valence-corrected chi connectivity index (χ0v) is 15.4. The minimum absolute atomic E-state index is 0.237. The van der Waals surface area contributed by atoms with Crippen molar-refractivity contribution in [1.82, 2.24) is 4.98 Å². The van der Waals surface area contributed by atoms with Crippen LogP contribution < -0.4 is 10.1 Å². The van der Waals surface area contributed by atoms with E-state index in [-0.39, 0.29) is 5.91 Å². The highest BCUT2D eigenvalue weighted by Crippen LogP contribution is 2.26. The first kappa shape index (κ1) is 17.5. The number of ether oxygens (including phenoxy) is 1. The lowest BCUT2D eigenvalue weighted by molar-refractivity contribution is -0.128. The largest absolute Gasteiger partial charge is 0.478 e. The predicted molar refractivity (Wildman–Crippen MR) is 102 cm³/mol. The monoisotopic (exact) mass is 372 g/mol. The summed E-state index contributed by atoms with van der Waals surface area (Å²) in [6.07, 6.45) is 1.76. The van der Waals surface area contributed by atoms with Crippen LogP contribution >= 0.6 is 22.9 Å². The lowest BCUT2D eigenvalue weighted by Gasteiger charge is -2.25. The van der Waals surface area contributed by atoms with Crippen LogP contribution in [0.2, 0.25) is 5.02 Å². The van der Waals surface area contributed by atoms with Crippen LogP contribution in [0.25, 0.3) is 10.6 Å². The van der Waals surface area contributed by atoms with Crippen molar-refractivity contribution >= 4 is 34.5 Å². The van der Waals surface area contributed by atoms with Gasteiger partial charge >= 0.3 is 0 Å². The summed E-state index contributed by atoms with van der Waals surface area (Å²) in [6.45, 7) is 3.45. The summed E-state index contributed by atoms with van der Waals surface area (Å²) in [5.74, 6) is 0.347. The van der Waals surface area contributed by atoms with Crippen molar-refractivity contribution in [2.24, 2.45) is 0 Å². The highest BCUT2D eigenvalue weighted by Gasteiger charge is 2.30. The van der Waals surface area contributed by atoms with Crippen LogP contribution in [0, 0.1) is 0 Å². The van der Waals surface area contributed by atoms with Crippen LogP contribution in [0.4, 0.5) is 5.69 Å². The van der Waals surface area contributed by atoms with Crippen molar-refractivity contribution in [2.75, 3.05) is 5.32 Å². The molecule has 128 valence electrons. The van der Waals surface area contributed by atoms with Gasteiger partial charge in [0.25, 0.3) is 5.91 Å². The molecule has 0 saturated carbocycles. The fourth-order valence-electron chi connectivity index (χ4n) is 2.22. The van der Waals surface area contributed by atoms with Crippen LogP contribution in [0.15, 0.2) is 60.1 Å². The number of aromatic nitrogens is 1. The number of rotatable bonds is 5. The molecule has 0 unspecified atom stereocenters. The number of carbonyl (C=O) groups is 1. The summed E-state index contributed by atoms with van der Waals surface area (Å²) < 4.78 is 5.81. The van der Waals surface area contributed by atoms with E-state index in [0.717, 1.165) is 10.6 Å². The number of hydrogen-bond acceptors (Lipinski definition) is 4. The molecule has 4 nitrogen and oxygen atoms in total. The van der Waals surface area contributed by atoms with E-state index in [2.05, 4.69) is 10.3 Å². The van der Waals surface area contributed by atoms with Crippen LogP contribution in [0.3, 0.4) is 0 Å². The Morgan fingerprint density at radius 1 is 1.20 bits per heavy atom. The SMILES string of the molecule is CC(C)(Oc1ccc(Cl)cc1)C(=O)Nc1cccc(-c2nccs2)c1. The van der Waals surface area contributed by atoms with Gasteiger partial charge in [0.15, 0.2) is 5.60 Å². The number of amides is 1. The van der Waals surface area contributed by atoms with Gasteiger partial charge < -0.3 is 10.1 Å². The van der Waals surface area contributed by atoms with Crippen LogP contribution in [0.5, 0.6) is 5.75 Å². The van der Waals surface area contributed by atoms with Gasteiger partial charge in [-0.3, -0.25) is 4.79 Å². The molecule has 0 atom stereocenters. The molecule has 3 rings (SSSR count). The Morgan fingerprint density at radius 3 is 2.64 bits per heavy atom. The fraction of sp³-hybridized carbons (Fsp3) is 0.158. The average molecular weight is 373 g/mol. The average Bonchev–Trinajstić information content (AvgIpc) is 3.11. The van der Waals surface area contributed by atoms with Crippen molar-refractivity contribution in [3.05, 3.63) is 65.1 Å². The molecule has 3 aromatic rings. The Balaban J connectivity index is 1.72. The molecule has 25 heavy (non-hydrogen) atoms. The number of nitrogens with one attached hydrogen (secondary N) is 1. The molecular weight excluding hydrogens is 356 g/mol. The molecule has 6 heteroatoms. The molecule has 0 saturated heterocycles. The van der Waals surface area contributed by atoms with Gasteiger partial charge in [0, 0.05) is 27.9 Å². The third-order valence-corrected chi connectivity index (χ3v) is 4.61. The van der Waals surface area contributed by atoms with Gasteiger partial charge in [-0.15, -0.1) is 11.3 Å². The van der Waals surface area contributed by atoms with Gasteiger partial charge in [-0.1, -0.05) is 23.7 Å². The number of benzene rings is 2. The molecule has 1 N–H and O–H groups in total. The Bertz CT molecular complexity index is 861. The maximum absolute atomic E-state index is 12.6. The molecule has 0 aliphatic rings. The highest BCUT2D eigenvalue weighted by atomic mass is 35.5. The normalized spacial score (nSPS) is 11.2. The third kappa shape index (κ3) is 4.38. The maximum Gasteiger partial charge on any atom is 0.267 e. The first-order valence-electron chi connectivity index (χ1n) is 7.70. The van der Waals surface area contributed by atoms with Gasteiger partial charge in [-0.2, -0.15) is 0 Å². The number of halogens is 1. The Morgan fingerprint density at radius 2 is 1.96 bits per heavy atom. The summed E-state index contributed by atoms with van der Waals surface area (Å²) in [5.41, 5.74) is 0.625. The standard InChI is InChI=1S/C19H17ClN2O2S/c1-19(2,24-16-8-6-14(20)7-9-16)18(23)22-15-5-3-4-13(12-15)17-21-10-11-25-17/h3-12H,1-2H3,(H,22,23). The van der Waals surface area contributed by atoms with Gasteiger partial charge in [0.1, 0.15) is 10.8 Å². The molecule has 0 radical (unpaired) electrons. The zero-order valence-electron chi connectivity index (χ0n) is 13.8. The Kier molecular flexibility index (Phi) is 5.06. The first-order valence-corrected chi connectivity index (χ1v) is 8.96. The number of nitrogens with zero attached hydrogens (tertiary/aromatic N) is 1. The van der Waals surface area contributed by atoms with Gasteiger partial charge in [-0.05, 0) is 50.2 Å². The number of anilines is 1. The number of hydrogen-bond donors (Lipinski definition) is 1. The van der Waals surface area contributed by atoms with Gasteiger partial charge in [0.2, 0.25) is 0 Å². The number of thiazole rings is 1. The van der Waals surface area contributed by atoms with Crippen LogP contribution in [0.1, 0.15) is 13.8 Å². The smallest absolute Gasteiger partial charge is 0.267 e. The fourth-order valence-corrected chi connectivity index (χ4v) is 2.98. The molecule has 1 amide bonds. The van der Waals surface area contributed by atoms with E-state index in [4.69, 9.17) is 16.3 Å². The summed E-state index contributed by atoms with van der Waals surface area (Å²) in [5, 5.41) is 6.35. The Labute approximate surface area is 155 Å². The molecule has 1 heterocycles. The molecule has 0 fully saturated rings. The second-order valence-corrected chi connectivity index (χ2v) is 7.27. The van der Waals surface area contributed by atoms with Crippen molar-refractivity contribution in [3.63, 3.8) is 0 Å². The molecule has 0 aliphatic carbocycles. The van der Waals surface area contributed by atoms with E-state index in [1.54, 1.807) is 55.6 Å². The first-order chi connectivity index (χ1) is 11.9. The highest BCUT2D eigenvalue weighted by molar-refractivity contribution is 7.13. The zero-order chi connectivity index (χ0) is 17.9. The molecule has 0 spiro atoms. The summed E-state index contributed by atoms with van der Waals surface area (Å²) in [7, 11) is 0. The van der Waals surface area contributed by atoms with E-state index in [9.17, 15) is 4.79 Å². The molecule has 0 bridgehead atoms. The van der Waals surface area contributed by atoms with E-state index in [1.165, 1.54) is 0 Å². The minimum Gasteiger partial charge on any atom is -0.478 e. The summed E-state index contributed by atoms with van der Waals surface area (Å²) in [4.78, 5) is 16.9. The topological polar surface area (TPSA) is 51.2 Å². The second-order valence-electron chi connectivity index (χ2n) is 5.94. The summed E-state index contributed by atoms with van der Waals surface area (Å²) in [6, 6.07) is 14.5. The summed E-state index contributed by atoms with van der Waals surface area (Å²) >= 11 is 7.42. The maximum atomic E-state index is 12.6. The van der Waals surface area contributed by atoms with Crippen molar-refractivity contribution < 1.29 is 9.53 Å². The van der Waals surface area contributed by atoms with Crippen LogP contribution in [-0.2, 0) is 4.79 Å². The molecule has 1 aromatic heterocycles. The lowest BCUT2D eigenvalue weighted by atomic mass is 10.1. The lowest BCUT2D eigenvalue weighted by Crippen LogP contribution is -2.42. The number of carbonyl (C=O) groups excluding carboxylic acids is 1. The van der Waals surface area contributed by atoms with Crippen molar-refractivity contribution in [1.29, 1.82) is 0 Å². The van der Waals surface area contributed by atoms with E-state index in [0.29, 0.717) is 16.5 Å². The second kappa shape index (κ2) is 7.25. The van der Waals surface area contributed by atoms with Gasteiger partial charge in [-0.25, -0.2) is 4.98 Å². The molecule has 0 aliphatic heterocycles. The Hall–Kier alpha value is -2.37. The van der Waals surface area contributed by atoms with E-state index >= 15 is 0 Å². The third-order valence-electron chi connectivity index (χ3n) is 3.53. The predicted octanol–water partition coefficient (Wildman–Crippen LogP) is 5.26. The van der Waals surface area contributed by atoms with Crippen LogP contribution in [-0.4, -0.2) is 16.5 Å². The van der Waals surface area contributed by atoms with E-state index in [1.807, 2.05) is 29.6 Å². The van der Waals surface area contributed by atoms with E-state index < -0.39 is 5.60 Å². The molecule has 2 aromatic carbocycles. The quantitative estimate of drug-likeness (QED) is 0.664. The minimum atomic E-state index is -1.04. The molecular formula is C19H17ClN2O2S. The van der Waals surface area contributed by atoms with Crippen molar-refractivity contribution in [3.8, 4) is 16.3 Å².